The SMILES string of the molecule is CC(=O)Nc1nc(C(=O)NC(c2ccccc2)C2CC2)cs1. The van der Waals surface area contributed by atoms with Crippen LogP contribution in [0.5, 0.6) is 0 Å². The molecule has 1 aliphatic carbocycles. The summed E-state index contributed by atoms with van der Waals surface area (Å²) in [6.45, 7) is 1.42. The second-order valence-electron chi connectivity index (χ2n) is 5.42. The Morgan fingerprint density at radius 3 is 2.64 bits per heavy atom. The number of anilines is 1. The van der Waals surface area contributed by atoms with Gasteiger partial charge in [0.25, 0.3) is 5.91 Å². The van der Waals surface area contributed by atoms with E-state index in [4.69, 9.17) is 0 Å². The number of rotatable bonds is 5. The van der Waals surface area contributed by atoms with Crippen molar-refractivity contribution < 1.29 is 9.59 Å². The van der Waals surface area contributed by atoms with Gasteiger partial charge in [-0.1, -0.05) is 30.3 Å². The van der Waals surface area contributed by atoms with Gasteiger partial charge in [0.2, 0.25) is 5.91 Å². The molecule has 1 aromatic carbocycles. The first-order valence-corrected chi connectivity index (χ1v) is 8.10. The van der Waals surface area contributed by atoms with Crippen molar-refractivity contribution in [2.45, 2.75) is 25.8 Å². The van der Waals surface area contributed by atoms with Gasteiger partial charge in [-0.2, -0.15) is 0 Å². The Morgan fingerprint density at radius 2 is 2.00 bits per heavy atom. The molecular weight excluding hydrogens is 298 g/mol. The third kappa shape index (κ3) is 3.51. The monoisotopic (exact) mass is 315 g/mol. The maximum absolute atomic E-state index is 12.4. The summed E-state index contributed by atoms with van der Waals surface area (Å²) in [5.41, 5.74) is 1.46. The van der Waals surface area contributed by atoms with Crippen LogP contribution in [0.25, 0.3) is 0 Å². The minimum absolute atomic E-state index is 0.0274. The molecule has 2 amide bonds. The summed E-state index contributed by atoms with van der Waals surface area (Å²) in [4.78, 5) is 27.5. The summed E-state index contributed by atoms with van der Waals surface area (Å²) in [5.74, 6) is 0.106. The number of amides is 2. The predicted octanol–water partition coefficient (Wildman–Crippen LogP) is 2.98. The molecule has 0 spiro atoms. The molecule has 6 heteroatoms. The normalized spacial score (nSPS) is 15.1. The lowest BCUT2D eigenvalue weighted by atomic mass is 10.0. The fourth-order valence-corrected chi connectivity index (χ4v) is 3.10. The van der Waals surface area contributed by atoms with Crippen molar-refractivity contribution in [1.29, 1.82) is 0 Å². The van der Waals surface area contributed by atoms with E-state index in [0.717, 1.165) is 18.4 Å². The van der Waals surface area contributed by atoms with Gasteiger partial charge in [0.05, 0.1) is 6.04 Å². The van der Waals surface area contributed by atoms with Gasteiger partial charge >= 0.3 is 0 Å². The summed E-state index contributed by atoms with van der Waals surface area (Å²) < 4.78 is 0. The van der Waals surface area contributed by atoms with Crippen LogP contribution in [-0.4, -0.2) is 16.8 Å². The quantitative estimate of drug-likeness (QED) is 0.891. The highest BCUT2D eigenvalue weighted by molar-refractivity contribution is 7.14. The van der Waals surface area contributed by atoms with E-state index in [1.54, 1.807) is 5.38 Å². The number of nitrogens with one attached hydrogen (secondary N) is 2. The topological polar surface area (TPSA) is 71.1 Å². The third-order valence-corrected chi connectivity index (χ3v) is 4.32. The van der Waals surface area contributed by atoms with E-state index in [1.807, 2.05) is 30.3 Å². The van der Waals surface area contributed by atoms with Crippen LogP contribution in [0.3, 0.4) is 0 Å². The zero-order valence-corrected chi connectivity index (χ0v) is 13.0. The lowest BCUT2D eigenvalue weighted by Crippen LogP contribution is -2.30. The first kappa shape index (κ1) is 14.7. The van der Waals surface area contributed by atoms with Crippen molar-refractivity contribution in [2.24, 2.45) is 5.92 Å². The highest BCUT2D eigenvalue weighted by atomic mass is 32.1. The fraction of sp³-hybridized carbons (Fsp3) is 0.312. The number of hydrogen-bond donors (Lipinski definition) is 2. The largest absolute Gasteiger partial charge is 0.344 e. The third-order valence-electron chi connectivity index (χ3n) is 3.56. The number of nitrogens with zero attached hydrogens (tertiary/aromatic N) is 1. The number of hydrogen-bond acceptors (Lipinski definition) is 4. The van der Waals surface area contributed by atoms with Gasteiger partial charge in [-0.3, -0.25) is 9.59 Å². The zero-order valence-electron chi connectivity index (χ0n) is 12.2. The Morgan fingerprint density at radius 1 is 1.27 bits per heavy atom. The Balaban J connectivity index is 1.71. The van der Waals surface area contributed by atoms with Crippen LogP contribution in [0.1, 0.15) is 41.9 Å². The van der Waals surface area contributed by atoms with Gasteiger partial charge in [0.1, 0.15) is 5.69 Å². The Labute approximate surface area is 132 Å². The van der Waals surface area contributed by atoms with Gasteiger partial charge < -0.3 is 10.6 Å². The molecule has 114 valence electrons. The Hall–Kier alpha value is -2.21. The summed E-state index contributed by atoms with van der Waals surface area (Å²) >= 11 is 1.25. The minimum Gasteiger partial charge on any atom is -0.344 e. The molecule has 3 rings (SSSR count). The second kappa shape index (κ2) is 6.27. The van der Waals surface area contributed by atoms with Gasteiger partial charge in [-0.05, 0) is 24.3 Å². The average Bonchev–Trinajstić information content (AvgIpc) is 3.24. The van der Waals surface area contributed by atoms with Gasteiger partial charge in [0.15, 0.2) is 5.13 Å². The molecule has 1 atom stereocenters. The van der Waals surface area contributed by atoms with E-state index in [-0.39, 0.29) is 17.9 Å². The molecular formula is C16H17N3O2S. The van der Waals surface area contributed by atoms with Crippen LogP contribution in [0.15, 0.2) is 35.7 Å². The van der Waals surface area contributed by atoms with Crippen molar-refractivity contribution in [2.75, 3.05) is 5.32 Å². The molecule has 1 fully saturated rings. The smallest absolute Gasteiger partial charge is 0.271 e. The molecule has 1 heterocycles. The van der Waals surface area contributed by atoms with Crippen molar-refractivity contribution in [3.63, 3.8) is 0 Å². The lowest BCUT2D eigenvalue weighted by molar-refractivity contribution is -0.114. The highest BCUT2D eigenvalue weighted by Gasteiger charge is 2.33. The van der Waals surface area contributed by atoms with Crippen molar-refractivity contribution in [3.8, 4) is 0 Å². The molecule has 22 heavy (non-hydrogen) atoms. The molecule has 2 aromatic rings. The number of thiazole rings is 1. The average molecular weight is 315 g/mol. The molecule has 0 saturated heterocycles. The van der Waals surface area contributed by atoms with Crippen molar-refractivity contribution in [1.82, 2.24) is 10.3 Å². The van der Waals surface area contributed by atoms with Gasteiger partial charge in [-0.25, -0.2) is 4.98 Å². The molecule has 1 aliphatic rings. The maximum atomic E-state index is 12.4. The number of carbonyl (C=O) groups is 2. The van der Waals surface area contributed by atoms with Crippen molar-refractivity contribution >= 4 is 28.3 Å². The Kier molecular flexibility index (Phi) is 4.20. The van der Waals surface area contributed by atoms with Crippen LogP contribution in [0.4, 0.5) is 5.13 Å². The molecule has 1 aromatic heterocycles. The predicted molar refractivity (Wildman–Crippen MR) is 85.8 cm³/mol. The van der Waals surface area contributed by atoms with Crippen LogP contribution in [0.2, 0.25) is 0 Å². The van der Waals surface area contributed by atoms with Crippen LogP contribution < -0.4 is 10.6 Å². The van der Waals surface area contributed by atoms with E-state index in [9.17, 15) is 9.59 Å². The standard InChI is InChI=1S/C16H17N3O2S/c1-10(20)17-16-18-13(9-22-16)15(21)19-14(12-7-8-12)11-5-3-2-4-6-11/h2-6,9,12,14H,7-8H2,1H3,(H,19,21)(H,17,18,20). The lowest BCUT2D eigenvalue weighted by Gasteiger charge is -2.18. The molecule has 1 saturated carbocycles. The fourth-order valence-electron chi connectivity index (χ4n) is 2.36. The summed E-state index contributed by atoms with van der Waals surface area (Å²) in [6, 6.07) is 10.0. The van der Waals surface area contributed by atoms with Gasteiger partial charge in [-0.15, -0.1) is 11.3 Å². The Bertz CT molecular complexity index is 680. The van der Waals surface area contributed by atoms with E-state index in [2.05, 4.69) is 15.6 Å². The van der Waals surface area contributed by atoms with E-state index >= 15 is 0 Å². The molecule has 2 N–H and O–H groups in total. The van der Waals surface area contributed by atoms with E-state index < -0.39 is 0 Å². The molecule has 0 radical (unpaired) electrons. The first-order chi connectivity index (χ1) is 10.6. The molecule has 0 aliphatic heterocycles. The maximum Gasteiger partial charge on any atom is 0.271 e. The van der Waals surface area contributed by atoms with Crippen molar-refractivity contribution in [3.05, 3.63) is 47.0 Å². The van der Waals surface area contributed by atoms with E-state index in [0.29, 0.717) is 16.7 Å². The number of aromatic nitrogens is 1. The minimum atomic E-state index is -0.200. The van der Waals surface area contributed by atoms with Crippen LogP contribution in [0, 0.1) is 5.92 Å². The van der Waals surface area contributed by atoms with E-state index in [1.165, 1.54) is 18.3 Å². The summed E-state index contributed by atoms with van der Waals surface area (Å²) in [7, 11) is 0. The number of benzene rings is 1. The zero-order chi connectivity index (χ0) is 15.5. The summed E-state index contributed by atoms with van der Waals surface area (Å²) in [6.07, 6.45) is 2.27. The molecule has 5 nitrogen and oxygen atoms in total. The summed E-state index contributed by atoms with van der Waals surface area (Å²) in [5, 5.41) is 7.77. The second-order valence-corrected chi connectivity index (χ2v) is 6.28. The van der Waals surface area contributed by atoms with Crippen LogP contribution >= 0.6 is 11.3 Å². The molecule has 0 bridgehead atoms. The van der Waals surface area contributed by atoms with Crippen LogP contribution in [-0.2, 0) is 4.79 Å². The number of carbonyl (C=O) groups excluding carboxylic acids is 2. The highest BCUT2D eigenvalue weighted by Crippen LogP contribution is 2.41. The molecule has 1 unspecified atom stereocenters. The van der Waals surface area contributed by atoms with Gasteiger partial charge in [0, 0.05) is 12.3 Å². The first-order valence-electron chi connectivity index (χ1n) is 7.22.